The number of carbonyl (C=O) groups excluding carboxylic acids is 2. The maximum absolute atomic E-state index is 11.6. The van der Waals surface area contributed by atoms with Gasteiger partial charge in [0.1, 0.15) is 0 Å². The van der Waals surface area contributed by atoms with Gasteiger partial charge in [-0.3, -0.25) is 14.5 Å². The normalized spacial score (nSPS) is 16.4. The number of benzene rings is 1. The smallest absolute Gasteiger partial charge is 0.289 e. The zero-order chi connectivity index (χ0) is 13.8. The Kier molecular flexibility index (Phi) is 4.32. The minimum Gasteiger partial charge on any atom is -0.334 e. The molecule has 1 aromatic carbocycles. The predicted molar refractivity (Wildman–Crippen MR) is 73.7 cm³/mol. The molecule has 0 unspecified atom stereocenters. The van der Waals surface area contributed by atoms with E-state index in [0.717, 1.165) is 19.6 Å². The molecule has 2 rings (SSSR count). The number of hydrogen-bond donors (Lipinski definition) is 0. The van der Waals surface area contributed by atoms with Crippen molar-refractivity contribution in [2.45, 2.75) is 20.4 Å². The Balaban J connectivity index is 1.89. The predicted octanol–water partition coefficient (Wildman–Crippen LogP) is 1.23. The van der Waals surface area contributed by atoms with Crippen molar-refractivity contribution < 1.29 is 9.59 Å². The number of nitrogens with zero attached hydrogens (tertiary/aromatic N) is 2. The van der Waals surface area contributed by atoms with Crippen molar-refractivity contribution in [3.05, 3.63) is 35.4 Å². The Morgan fingerprint density at radius 3 is 2.32 bits per heavy atom. The van der Waals surface area contributed by atoms with Crippen LogP contribution in [0.15, 0.2) is 24.3 Å². The van der Waals surface area contributed by atoms with Gasteiger partial charge in [0.15, 0.2) is 0 Å². The molecule has 0 saturated carbocycles. The van der Waals surface area contributed by atoms with Gasteiger partial charge in [-0.2, -0.15) is 0 Å². The summed E-state index contributed by atoms with van der Waals surface area (Å²) in [4.78, 5) is 26.6. The lowest BCUT2D eigenvalue weighted by molar-refractivity contribution is -0.144. The van der Waals surface area contributed by atoms with Gasteiger partial charge in [-0.1, -0.05) is 24.3 Å². The van der Waals surface area contributed by atoms with Crippen LogP contribution in [0.25, 0.3) is 0 Å². The standard InChI is InChI=1S/C15H20N2O2/c1-12-5-3-4-6-14(12)11-16-7-9-17(10-8-16)15(19)13(2)18/h3-6H,7-11H2,1-2H3. The van der Waals surface area contributed by atoms with Crippen LogP contribution in [0.2, 0.25) is 0 Å². The van der Waals surface area contributed by atoms with E-state index in [-0.39, 0.29) is 11.7 Å². The van der Waals surface area contributed by atoms with Crippen molar-refractivity contribution in [1.82, 2.24) is 9.80 Å². The van der Waals surface area contributed by atoms with Crippen LogP contribution in [0.3, 0.4) is 0 Å². The van der Waals surface area contributed by atoms with Gasteiger partial charge < -0.3 is 4.90 Å². The highest BCUT2D eigenvalue weighted by Gasteiger charge is 2.23. The van der Waals surface area contributed by atoms with Gasteiger partial charge in [0, 0.05) is 39.6 Å². The maximum Gasteiger partial charge on any atom is 0.289 e. The molecule has 19 heavy (non-hydrogen) atoms. The van der Waals surface area contributed by atoms with Gasteiger partial charge in [-0.15, -0.1) is 0 Å². The van der Waals surface area contributed by atoms with Gasteiger partial charge in [-0.25, -0.2) is 0 Å². The van der Waals surface area contributed by atoms with Crippen LogP contribution >= 0.6 is 0 Å². The number of carbonyl (C=O) groups is 2. The second-order valence-electron chi connectivity index (χ2n) is 5.05. The maximum atomic E-state index is 11.6. The van der Waals surface area contributed by atoms with Crippen molar-refractivity contribution in [3.63, 3.8) is 0 Å². The average molecular weight is 260 g/mol. The molecule has 1 fully saturated rings. The molecule has 1 aliphatic heterocycles. The number of amides is 1. The van der Waals surface area contributed by atoms with Crippen molar-refractivity contribution >= 4 is 11.7 Å². The fourth-order valence-electron chi connectivity index (χ4n) is 2.36. The third-order valence-corrected chi connectivity index (χ3v) is 3.62. The molecule has 0 N–H and O–H groups in total. The van der Waals surface area contributed by atoms with E-state index >= 15 is 0 Å². The Morgan fingerprint density at radius 2 is 1.74 bits per heavy atom. The molecule has 4 heteroatoms. The Bertz CT molecular complexity index is 477. The largest absolute Gasteiger partial charge is 0.334 e. The monoisotopic (exact) mass is 260 g/mol. The minimum atomic E-state index is -0.368. The second-order valence-corrected chi connectivity index (χ2v) is 5.05. The van der Waals surface area contributed by atoms with E-state index < -0.39 is 0 Å². The summed E-state index contributed by atoms with van der Waals surface area (Å²) in [5.41, 5.74) is 2.62. The summed E-state index contributed by atoms with van der Waals surface area (Å²) in [6.45, 7) is 7.30. The highest BCUT2D eigenvalue weighted by molar-refractivity contribution is 6.35. The quantitative estimate of drug-likeness (QED) is 0.767. The molecule has 1 saturated heterocycles. The van der Waals surface area contributed by atoms with Crippen molar-refractivity contribution in [2.75, 3.05) is 26.2 Å². The van der Waals surface area contributed by atoms with E-state index in [0.29, 0.717) is 13.1 Å². The van der Waals surface area contributed by atoms with E-state index in [4.69, 9.17) is 0 Å². The third-order valence-electron chi connectivity index (χ3n) is 3.62. The van der Waals surface area contributed by atoms with Gasteiger partial charge in [-0.05, 0) is 18.1 Å². The highest BCUT2D eigenvalue weighted by atomic mass is 16.2. The average Bonchev–Trinajstić information content (AvgIpc) is 2.41. The summed E-state index contributed by atoms with van der Waals surface area (Å²) >= 11 is 0. The topological polar surface area (TPSA) is 40.6 Å². The molecule has 0 bridgehead atoms. The first-order valence-electron chi connectivity index (χ1n) is 6.64. The van der Waals surface area contributed by atoms with Crippen LogP contribution in [0.4, 0.5) is 0 Å². The molecular weight excluding hydrogens is 240 g/mol. The van der Waals surface area contributed by atoms with E-state index in [1.54, 1.807) is 4.90 Å². The first-order valence-corrected chi connectivity index (χ1v) is 6.64. The SMILES string of the molecule is CC(=O)C(=O)N1CCN(Cc2ccccc2C)CC1. The molecule has 0 aliphatic carbocycles. The molecule has 0 atom stereocenters. The van der Waals surface area contributed by atoms with Crippen LogP contribution in [-0.4, -0.2) is 47.7 Å². The highest BCUT2D eigenvalue weighted by Crippen LogP contribution is 2.12. The number of piperazine rings is 1. The van der Waals surface area contributed by atoms with Gasteiger partial charge in [0.2, 0.25) is 5.78 Å². The van der Waals surface area contributed by atoms with Crippen LogP contribution < -0.4 is 0 Å². The lowest BCUT2D eigenvalue weighted by atomic mass is 10.1. The van der Waals surface area contributed by atoms with E-state index in [9.17, 15) is 9.59 Å². The number of Topliss-reactive ketones (excluding diaryl/α,β-unsaturated/α-hetero) is 1. The molecule has 0 aromatic heterocycles. The number of hydrogen-bond acceptors (Lipinski definition) is 3. The van der Waals surface area contributed by atoms with Crippen LogP contribution in [0.1, 0.15) is 18.1 Å². The van der Waals surface area contributed by atoms with E-state index in [1.165, 1.54) is 18.1 Å². The first-order chi connectivity index (χ1) is 9.08. The van der Waals surface area contributed by atoms with Crippen molar-refractivity contribution in [2.24, 2.45) is 0 Å². The Morgan fingerprint density at radius 1 is 1.11 bits per heavy atom. The second kappa shape index (κ2) is 5.97. The number of ketones is 1. The lowest BCUT2D eigenvalue weighted by Gasteiger charge is -2.34. The molecule has 1 heterocycles. The number of aryl methyl sites for hydroxylation is 1. The van der Waals surface area contributed by atoms with Gasteiger partial charge >= 0.3 is 0 Å². The molecule has 1 aromatic rings. The summed E-state index contributed by atoms with van der Waals surface area (Å²) in [6.07, 6.45) is 0. The van der Waals surface area contributed by atoms with E-state index in [1.807, 2.05) is 6.07 Å². The number of rotatable bonds is 3. The summed E-state index contributed by atoms with van der Waals surface area (Å²) in [5, 5.41) is 0. The third kappa shape index (κ3) is 3.41. The lowest BCUT2D eigenvalue weighted by Crippen LogP contribution is -2.49. The fourth-order valence-corrected chi connectivity index (χ4v) is 2.36. The van der Waals surface area contributed by atoms with Gasteiger partial charge in [0.25, 0.3) is 5.91 Å². The zero-order valence-corrected chi connectivity index (χ0v) is 11.6. The minimum absolute atomic E-state index is 0.351. The summed E-state index contributed by atoms with van der Waals surface area (Å²) < 4.78 is 0. The van der Waals surface area contributed by atoms with Crippen molar-refractivity contribution in [3.8, 4) is 0 Å². The Labute approximate surface area is 114 Å². The van der Waals surface area contributed by atoms with E-state index in [2.05, 4.69) is 30.0 Å². The van der Waals surface area contributed by atoms with Crippen LogP contribution in [-0.2, 0) is 16.1 Å². The molecule has 0 spiro atoms. The summed E-state index contributed by atoms with van der Waals surface area (Å²) in [6, 6.07) is 8.35. The van der Waals surface area contributed by atoms with Crippen LogP contribution in [0, 0.1) is 6.92 Å². The molecule has 1 aliphatic rings. The van der Waals surface area contributed by atoms with Crippen LogP contribution in [0.5, 0.6) is 0 Å². The first kappa shape index (κ1) is 13.7. The Hall–Kier alpha value is -1.68. The molecule has 102 valence electrons. The summed E-state index contributed by atoms with van der Waals surface area (Å²) in [5.74, 6) is -0.720. The fraction of sp³-hybridized carbons (Fsp3) is 0.467. The molecule has 1 amide bonds. The molecule has 0 radical (unpaired) electrons. The van der Waals surface area contributed by atoms with Gasteiger partial charge in [0.05, 0.1) is 0 Å². The molecular formula is C15H20N2O2. The van der Waals surface area contributed by atoms with Crippen molar-refractivity contribution in [1.29, 1.82) is 0 Å². The zero-order valence-electron chi connectivity index (χ0n) is 11.6. The molecule has 4 nitrogen and oxygen atoms in total. The summed E-state index contributed by atoms with van der Waals surface area (Å²) in [7, 11) is 0.